The van der Waals surface area contributed by atoms with E-state index in [-0.39, 0.29) is 11.4 Å². The van der Waals surface area contributed by atoms with Crippen molar-refractivity contribution < 1.29 is 18.6 Å². The first-order valence-electron chi connectivity index (χ1n) is 5.96. The molecule has 1 atom stereocenters. The lowest BCUT2D eigenvalue weighted by Gasteiger charge is -2.15. The average molecular weight is 299 g/mol. The van der Waals surface area contributed by atoms with E-state index in [0.29, 0.717) is 16.9 Å². The van der Waals surface area contributed by atoms with Gasteiger partial charge >= 0.3 is 0 Å². The van der Waals surface area contributed by atoms with Crippen LogP contribution in [0, 0.1) is 11.6 Å². The molecule has 0 aliphatic rings. The van der Waals surface area contributed by atoms with Gasteiger partial charge in [0.1, 0.15) is 17.4 Å². The Hall–Kier alpha value is -1.65. The maximum Gasteiger partial charge on any atom is 0.124 e. The van der Waals surface area contributed by atoms with Crippen molar-refractivity contribution in [2.75, 3.05) is 7.11 Å². The predicted molar refractivity (Wildman–Crippen MR) is 73.0 cm³/mol. The van der Waals surface area contributed by atoms with E-state index in [0.717, 1.165) is 0 Å². The van der Waals surface area contributed by atoms with Crippen LogP contribution in [0.5, 0.6) is 5.75 Å². The van der Waals surface area contributed by atoms with Crippen LogP contribution >= 0.6 is 11.6 Å². The summed E-state index contributed by atoms with van der Waals surface area (Å²) in [4.78, 5) is 0. The zero-order chi connectivity index (χ0) is 14.7. The molecule has 0 aliphatic heterocycles. The van der Waals surface area contributed by atoms with Gasteiger partial charge in [-0.2, -0.15) is 0 Å². The fourth-order valence-corrected chi connectivity index (χ4v) is 2.22. The van der Waals surface area contributed by atoms with Gasteiger partial charge in [0.15, 0.2) is 0 Å². The van der Waals surface area contributed by atoms with Crippen molar-refractivity contribution >= 4 is 11.6 Å². The Kier molecular flexibility index (Phi) is 4.57. The van der Waals surface area contributed by atoms with E-state index in [1.54, 1.807) is 0 Å². The van der Waals surface area contributed by atoms with Gasteiger partial charge in [0.25, 0.3) is 0 Å². The van der Waals surface area contributed by atoms with Gasteiger partial charge in [0.05, 0.1) is 13.2 Å². The van der Waals surface area contributed by atoms with Crippen molar-refractivity contribution in [3.8, 4) is 5.75 Å². The summed E-state index contributed by atoms with van der Waals surface area (Å²) in [6.45, 7) is 0. The molecule has 0 bridgehead atoms. The van der Waals surface area contributed by atoms with Gasteiger partial charge in [-0.25, -0.2) is 8.78 Å². The van der Waals surface area contributed by atoms with Crippen LogP contribution in [0.4, 0.5) is 8.78 Å². The first kappa shape index (κ1) is 14.8. The standard InChI is InChI=1S/C15H13ClF2O2/c1-20-15-5-4-10(17)7-12(15)14(19)6-9-2-3-11(18)8-13(9)16/h2-5,7-8,14,19H,6H2,1H3. The van der Waals surface area contributed by atoms with Crippen LogP contribution in [-0.2, 0) is 6.42 Å². The smallest absolute Gasteiger partial charge is 0.124 e. The van der Waals surface area contributed by atoms with E-state index < -0.39 is 17.7 Å². The zero-order valence-corrected chi connectivity index (χ0v) is 11.5. The number of hydrogen-bond acceptors (Lipinski definition) is 2. The Bertz CT molecular complexity index is 617. The van der Waals surface area contributed by atoms with Gasteiger partial charge in [0, 0.05) is 17.0 Å². The molecule has 0 saturated heterocycles. The molecule has 5 heteroatoms. The molecule has 2 rings (SSSR count). The van der Waals surface area contributed by atoms with Crippen LogP contribution in [0.25, 0.3) is 0 Å². The van der Waals surface area contributed by atoms with Gasteiger partial charge in [0.2, 0.25) is 0 Å². The second-order valence-corrected chi connectivity index (χ2v) is 4.75. The van der Waals surface area contributed by atoms with E-state index in [4.69, 9.17) is 16.3 Å². The molecular weight excluding hydrogens is 286 g/mol. The number of methoxy groups -OCH3 is 1. The summed E-state index contributed by atoms with van der Waals surface area (Å²) < 4.78 is 31.3. The molecule has 2 nitrogen and oxygen atoms in total. The second-order valence-electron chi connectivity index (χ2n) is 4.34. The molecule has 2 aromatic carbocycles. The highest BCUT2D eigenvalue weighted by Gasteiger charge is 2.16. The molecule has 0 aromatic heterocycles. The minimum atomic E-state index is -0.997. The van der Waals surface area contributed by atoms with Gasteiger partial charge in [-0.3, -0.25) is 0 Å². The summed E-state index contributed by atoms with van der Waals surface area (Å²) in [7, 11) is 1.44. The molecule has 0 spiro atoms. The van der Waals surface area contributed by atoms with E-state index in [9.17, 15) is 13.9 Å². The van der Waals surface area contributed by atoms with Crippen molar-refractivity contribution in [1.82, 2.24) is 0 Å². The van der Waals surface area contributed by atoms with Crippen LogP contribution in [0.3, 0.4) is 0 Å². The molecule has 0 saturated carbocycles. The van der Waals surface area contributed by atoms with Crippen molar-refractivity contribution in [3.05, 3.63) is 64.2 Å². The lowest BCUT2D eigenvalue weighted by atomic mass is 10.0. The highest BCUT2D eigenvalue weighted by atomic mass is 35.5. The number of aliphatic hydroxyl groups is 1. The zero-order valence-electron chi connectivity index (χ0n) is 10.7. The SMILES string of the molecule is COc1ccc(F)cc1C(O)Cc1ccc(F)cc1Cl. The number of hydrogen-bond donors (Lipinski definition) is 1. The van der Waals surface area contributed by atoms with Gasteiger partial charge < -0.3 is 9.84 Å². The summed E-state index contributed by atoms with van der Waals surface area (Å²) in [5.74, 6) is -0.529. The first-order chi connectivity index (χ1) is 9.51. The summed E-state index contributed by atoms with van der Waals surface area (Å²) in [6, 6.07) is 7.83. The van der Waals surface area contributed by atoms with Gasteiger partial charge in [-0.1, -0.05) is 17.7 Å². The van der Waals surface area contributed by atoms with Crippen LogP contribution in [0.15, 0.2) is 36.4 Å². The number of rotatable bonds is 4. The quantitative estimate of drug-likeness (QED) is 0.927. The Morgan fingerprint density at radius 3 is 2.45 bits per heavy atom. The molecule has 2 aromatic rings. The molecule has 20 heavy (non-hydrogen) atoms. The third kappa shape index (κ3) is 3.26. The van der Waals surface area contributed by atoms with Crippen molar-refractivity contribution in [2.45, 2.75) is 12.5 Å². The number of ether oxygens (including phenoxy) is 1. The Morgan fingerprint density at radius 1 is 1.15 bits per heavy atom. The number of benzene rings is 2. The Labute approximate surface area is 120 Å². The Balaban J connectivity index is 2.27. The highest BCUT2D eigenvalue weighted by molar-refractivity contribution is 6.31. The van der Waals surface area contributed by atoms with Crippen LogP contribution in [0.2, 0.25) is 5.02 Å². The van der Waals surface area contributed by atoms with Gasteiger partial charge in [-0.15, -0.1) is 0 Å². The summed E-state index contributed by atoms with van der Waals surface area (Å²) in [5.41, 5.74) is 0.903. The molecule has 0 fully saturated rings. The predicted octanol–water partition coefficient (Wildman–Crippen LogP) is 3.90. The van der Waals surface area contributed by atoms with E-state index in [2.05, 4.69) is 0 Å². The third-order valence-corrected chi connectivity index (χ3v) is 3.33. The molecule has 0 amide bonds. The fraction of sp³-hybridized carbons (Fsp3) is 0.200. The summed E-state index contributed by atoms with van der Waals surface area (Å²) in [5, 5.41) is 10.4. The molecule has 0 heterocycles. The van der Waals surface area contributed by atoms with Crippen molar-refractivity contribution in [1.29, 1.82) is 0 Å². The molecule has 0 aliphatic carbocycles. The molecular formula is C15H13ClF2O2. The van der Waals surface area contributed by atoms with Gasteiger partial charge in [-0.05, 0) is 35.9 Å². The lowest BCUT2D eigenvalue weighted by molar-refractivity contribution is 0.173. The average Bonchev–Trinajstić information content (AvgIpc) is 2.41. The van der Waals surface area contributed by atoms with Crippen LogP contribution in [0.1, 0.15) is 17.2 Å². The minimum absolute atomic E-state index is 0.138. The monoisotopic (exact) mass is 298 g/mol. The molecule has 0 radical (unpaired) electrons. The summed E-state index contributed by atoms with van der Waals surface area (Å²) in [6.07, 6.45) is -0.859. The van der Waals surface area contributed by atoms with Crippen molar-refractivity contribution in [3.63, 3.8) is 0 Å². The highest BCUT2D eigenvalue weighted by Crippen LogP contribution is 2.30. The number of halogens is 3. The normalized spacial score (nSPS) is 12.2. The van der Waals surface area contributed by atoms with Crippen LogP contribution < -0.4 is 4.74 Å². The van der Waals surface area contributed by atoms with E-state index >= 15 is 0 Å². The second kappa shape index (κ2) is 6.20. The third-order valence-electron chi connectivity index (χ3n) is 2.98. The minimum Gasteiger partial charge on any atom is -0.496 e. The molecule has 106 valence electrons. The van der Waals surface area contributed by atoms with E-state index in [1.165, 1.54) is 43.5 Å². The Morgan fingerprint density at radius 2 is 1.80 bits per heavy atom. The van der Waals surface area contributed by atoms with Crippen LogP contribution in [-0.4, -0.2) is 12.2 Å². The maximum atomic E-state index is 13.3. The fourth-order valence-electron chi connectivity index (χ4n) is 1.97. The molecule has 1 N–H and O–H groups in total. The van der Waals surface area contributed by atoms with Crippen molar-refractivity contribution in [2.24, 2.45) is 0 Å². The number of aliphatic hydroxyl groups excluding tert-OH is 1. The summed E-state index contributed by atoms with van der Waals surface area (Å²) >= 11 is 5.91. The lowest BCUT2D eigenvalue weighted by Crippen LogP contribution is -2.05. The topological polar surface area (TPSA) is 29.5 Å². The largest absolute Gasteiger partial charge is 0.496 e. The molecule has 1 unspecified atom stereocenters. The first-order valence-corrected chi connectivity index (χ1v) is 6.34. The maximum absolute atomic E-state index is 13.3. The van der Waals surface area contributed by atoms with E-state index in [1.807, 2.05) is 0 Å².